The lowest BCUT2D eigenvalue weighted by Crippen LogP contribution is -2.23. The summed E-state index contributed by atoms with van der Waals surface area (Å²) in [6, 6.07) is 9.36. The van der Waals surface area contributed by atoms with Crippen LogP contribution in [0.4, 0.5) is 0 Å². The fourth-order valence-corrected chi connectivity index (χ4v) is 3.91. The van der Waals surface area contributed by atoms with Crippen molar-refractivity contribution in [3.05, 3.63) is 59.2 Å². The molecule has 4 heteroatoms. The Hall–Kier alpha value is -2.62. The second kappa shape index (κ2) is 4.69. The lowest BCUT2D eigenvalue weighted by Gasteiger charge is -2.27. The lowest BCUT2D eigenvalue weighted by atomic mass is 9.88. The van der Waals surface area contributed by atoms with Gasteiger partial charge >= 0.3 is 0 Å². The molecule has 2 aromatic rings. The summed E-state index contributed by atoms with van der Waals surface area (Å²) in [6.07, 6.45) is 0.759. The van der Waals surface area contributed by atoms with Gasteiger partial charge in [0.25, 0.3) is 0 Å². The number of aromatic hydroxyl groups is 1. The van der Waals surface area contributed by atoms with E-state index in [2.05, 4.69) is 12.6 Å². The zero-order chi connectivity index (χ0) is 16.4. The Morgan fingerprint density at radius 1 is 1.12 bits per heavy atom. The van der Waals surface area contributed by atoms with E-state index >= 15 is 0 Å². The largest absolute Gasteiger partial charge is 0.508 e. The molecule has 2 aromatic carbocycles. The van der Waals surface area contributed by atoms with Gasteiger partial charge in [-0.15, -0.1) is 0 Å². The minimum absolute atomic E-state index is 0.0261. The van der Waals surface area contributed by atoms with Crippen LogP contribution in [0.1, 0.15) is 35.6 Å². The second-order valence-electron chi connectivity index (χ2n) is 6.80. The third kappa shape index (κ3) is 1.80. The molecular weight excluding hydrogens is 304 g/mol. The van der Waals surface area contributed by atoms with Gasteiger partial charge in [-0.1, -0.05) is 12.6 Å². The van der Waals surface area contributed by atoms with E-state index in [9.17, 15) is 5.11 Å². The van der Waals surface area contributed by atoms with E-state index in [0.29, 0.717) is 12.4 Å². The molecule has 0 fully saturated rings. The van der Waals surface area contributed by atoms with Gasteiger partial charge in [-0.25, -0.2) is 0 Å². The Labute approximate surface area is 140 Å². The van der Waals surface area contributed by atoms with Crippen molar-refractivity contribution >= 4 is 0 Å². The summed E-state index contributed by atoms with van der Waals surface area (Å²) >= 11 is 0. The fraction of sp³-hybridized carbons (Fsp3) is 0.300. The molecule has 0 saturated heterocycles. The SMILES string of the molecule is C=C(C)C1Cc2c(ccc3c2OC2c4ccc(O)cc4OCC32)O1. The summed E-state index contributed by atoms with van der Waals surface area (Å²) < 4.78 is 18.2. The topological polar surface area (TPSA) is 47.9 Å². The van der Waals surface area contributed by atoms with Gasteiger partial charge in [-0.3, -0.25) is 0 Å². The average molecular weight is 322 g/mol. The monoisotopic (exact) mass is 322 g/mol. The molecule has 3 aliphatic rings. The summed E-state index contributed by atoms with van der Waals surface area (Å²) in [5.74, 6) is 2.92. The van der Waals surface area contributed by atoms with Crippen molar-refractivity contribution in [2.24, 2.45) is 0 Å². The summed E-state index contributed by atoms with van der Waals surface area (Å²) in [5, 5.41) is 9.66. The summed E-state index contributed by atoms with van der Waals surface area (Å²) in [4.78, 5) is 0. The number of fused-ring (bicyclic) bond motifs is 7. The van der Waals surface area contributed by atoms with E-state index in [4.69, 9.17) is 14.2 Å². The van der Waals surface area contributed by atoms with Crippen LogP contribution in [0, 0.1) is 0 Å². The number of hydrogen-bond donors (Lipinski definition) is 1. The van der Waals surface area contributed by atoms with Crippen LogP contribution in [0.2, 0.25) is 0 Å². The van der Waals surface area contributed by atoms with Gasteiger partial charge in [0, 0.05) is 29.2 Å². The maximum atomic E-state index is 9.66. The Morgan fingerprint density at radius 2 is 1.96 bits per heavy atom. The fourth-order valence-electron chi connectivity index (χ4n) is 3.91. The van der Waals surface area contributed by atoms with E-state index in [1.165, 1.54) is 5.56 Å². The van der Waals surface area contributed by atoms with E-state index in [1.807, 2.05) is 19.1 Å². The van der Waals surface area contributed by atoms with Crippen molar-refractivity contribution in [3.8, 4) is 23.0 Å². The highest BCUT2D eigenvalue weighted by atomic mass is 16.5. The van der Waals surface area contributed by atoms with Crippen LogP contribution < -0.4 is 14.2 Å². The first-order valence-corrected chi connectivity index (χ1v) is 8.22. The highest BCUT2D eigenvalue weighted by molar-refractivity contribution is 5.59. The molecule has 0 amide bonds. The summed E-state index contributed by atoms with van der Waals surface area (Å²) in [6.45, 7) is 6.56. The molecular formula is C20H18O4. The van der Waals surface area contributed by atoms with Crippen LogP contribution >= 0.6 is 0 Å². The Balaban J connectivity index is 1.57. The molecule has 0 aliphatic carbocycles. The van der Waals surface area contributed by atoms with Crippen molar-refractivity contribution in [2.75, 3.05) is 6.61 Å². The van der Waals surface area contributed by atoms with Gasteiger partial charge < -0.3 is 19.3 Å². The number of hydrogen-bond acceptors (Lipinski definition) is 4. The van der Waals surface area contributed by atoms with Gasteiger partial charge in [0.05, 0.1) is 12.5 Å². The summed E-state index contributed by atoms with van der Waals surface area (Å²) in [5.41, 5.74) is 4.34. The lowest BCUT2D eigenvalue weighted by molar-refractivity contribution is 0.138. The Morgan fingerprint density at radius 3 is 2.79 bits per heavy atom. The van der Waals surface area contributed by atoms with Crippen LogP contribution in [0.5, 0.6) is 23.0 Å². The maximum absolute atomic E-state index is 9.66. The molecule has 122 valence electrons. The zero-order valence-corrected chi connectivity index (χ0v) is 13.4. The third-order valence-electron chi connectivity index (χ3n) is 5.19. The van der Waals surface area contributed by atoms with Gasteiger partial charge in [0.15, 0.2) is 0 Å². The van der Waals surface area contributed by atoms with Gasteiger partial charge in [0.2, 0.25) is 0 Å². The molecule has 1 N–H and O–H groups in total. The molecule has 0 saturated carbocycles. The van der Waals surface area contributed by atoms with Crippen molar-refractivity contribution in [3.63, 3.8) is 0 Å². The predicted octanol–water partition coefficient (Wildman–Crippen LogP) is 3.88. The second-order valence-corrected chi connectivity index (χ2v) is 6.80. The quantitative estimate of drug-likeness (QED) is 0.810. The molecule has 0 spiro atoms. The van der Waals surface area contributed by atoms with Crippen molar-refractivity contribution in [2.45, 2.75) is 31.5 Å². The van der Waals surface area contributed by atoms with Crippen LogP contribution in [0.15, 0.2) is 42.5 Å². The number of phenols is 1. The van der Waals surface area contributed by atoms with Crippen LogP contribution in [-0.4, -0.2) is 17.8 Å². The van der Waals surface area contributed by atoms with Crippen molar-refractivity contribution < 1.29 is 19.3 Å². The van der Waals surface area contributed by atoms with Crippen molar-refractivity contribution in [1.29, 1.82) is 0 Å². The molecule has 5 rings (SSSR count). The first-order valence-electron chi connectivity index (χ1n) is 8.22. The molecule has 3 unspecified atom stereocenters. The molecule has 3 aliphatic heterocycles. The van der Waals surface area contributed by atoms with E-state index < -0.39 is 0 Å². The molecule has 0 bridgehead atoms. The Kier molecular flexibility index (Phi) is 2.70. The molecule has 4 nitrogen and oxygen atoms in total. The van der Waals surface area contributed by atoms with E-state index in [1.54, 1.807) is 12.1 Å². The van der Waals surface area contributed by atoms with Gasteiger partial charge in [0.1, 0.15) is 35.2 Å². The smallest absolute Gasteiger partial charge is 0.138 e. The summed E-state index contributed by atoms with van der Waals surface area (Å²) in [7, 11) is 0. The van der Waals surface area contributed by atoms with E-state index in [0.717, 1.165) is 34.6 Å². The zero-order valence-electron chi connectivity index (χ0n) is 13.4. The number of benzene rings is 2. The molecule has 3 heterocycles. The minimum Gasteiger partial charge on any atom is -0.508 e. The third-order valence-corrected chi connectivity index (χ3v) is 5.19. The van der Waals surface area contributed by atoms with Gasteiger partial charge in [-0.2, -0.15) is 0 Å². The minimum atomic E-state index is -0.0697. The van der Waals surface area contributed by atoms with Gasteiger partial charge in [-0.05, 0) is 30.7 Å². The first-order chi connectivity index (χ1) is 11.6. The average Bonchev–Trinajstić information content (AvgIpc) is 3.15. The molecule has 0 aromatic heterocycles. The van der Waals surface area contributed by atoms with Crippen molar-refractivity contribution in [1.82, 2.24) is 0 Å². The number of rotatable bonds is 1. The standard InChI is InChI=1S/C20H18O4/c1-10(2)17-8-14-16(23-17)6-5-12-15-9-22-18-7-11(21)3-4-13(18)20(15)24-19(12)14/h3-7,15,17,20-21H,1,8-9H2,2H3. The maximum Gasteiger partial charge on any atom is 0.138 e. The highest BCUT2D eigenvalue weighted by Gasteiger charge is 2.43. The molecule has 0 radical (unpaired) electrons. The Bertz CT molecular complexity index is 870. The normalized spacial score (nSPS) is 25.5. The number of phenolic OH excluding ortho intramolecular Hbond substituents is 1. The van der Waals surface area contributed by atoms with Crippen LogP contribution in [-0.2, 0) is 6.42 Å². The highest BCUT2D eigenvalue weighted by Crippen LogP contribution is 2.55. The molecule has 3 atom stereocenters. The van der Waals surface area contributed by atoms with E-state index in [-0.39, 0.29) is 23.9 Å². The molecule has 24 heavy (non-hydrogen) atoms. The number of ether oxygens (including phenoxy) is 3. The van der Waals surface area contributed by atoms with Crippen LogP contribution in [0.25, 0.3) is 0 Å². The predicted molar refractivity (Wildman–Crippen MR) is 89.1 cm³/mol. The first kappa shape index (κ1) is 13.8. The van der Waals surface area contributed by atoms with Crippen LogP contribution in [0.3, 0.4) is 0 Å².